The second kappa shape index (κ2) is 10.1. The van der Waals surface area contributed by atoms with Crippen LogP contribution < -0.4 is 0 Å². The van der Waals surface area contributed by atoms with Crippen LogP contribution in [-0.2, 0) is 4.79 Å². The van der Waals surface area contributed by atoms with E-state index < -0.39 is 5.97 Å². The number of carbonyl (C=O) groups is 1. The van der Waals surface area contributed by atoms with Crippen LogP contribution in [0.4, 0.5) is 0 Å². The molecule has 0 aliphatic heterocycles. The molecule has 0 heterocycles. The van der Waals surface area contributed by atoms with Crippen LogP contribution in [-0.4, -0.2) is 11.1 Å². The maximum absolute atomic E-state index is 9.76. The molecule has 0 unspecified atom stereocenters. The van der Waals surface area contributed by atoms with Gasteiger partial charge < -0.3 is 5.11 Å². The van der Waals surface area contributed by atoms with Crippen molar-refractivity contribution in [1.29, 1.82) is 5.59 Å². The van der Waals surface area contributed by atoms with E-state index >= 15 is 0 Å². The zero-order valence-electron chi connectivity index (χ0n) is 5.39. The number of nitrogens with one attached hydrogen (secondary N) is 1. The molecule has 4 heteroatoms. The number of hydrogen-bond acceptors (Lipinski definition) is 3. The van der Waals surface area contributed by atoms with E-state index in [2.05, 4.69) is 5.59 Å². The monoisotopic (exact) mass is 133 g/mol. The second-order valence-electron chi connectivity index (χ2n) is 1.50. The largest absolute Gasteiger partial charge is 0.481 e. The van der Waals surface area contributed by atoms with Gasteiger partial charge in [-0.3, -0.25) is 4.79 Å². The van der Waals surface area contributed by atoms with E-state index in [0.29, 0.717) is 6.42 Å². The summed E-state index contributed by atoms with van der Waals surface area (Å²) in [6.07, 6.45) is 2.08. The van der Waals surface area contributed by atoms with Crippen LogP contribution >= 0.6 is 0 Å². The maximum atomic E-state index is 9.76. The summed E-state index contributed by atoms with van der Waals surface area (Å²) in [5.41, 5.74) is 4.50. The van der Waals surface area contributed by atoms with E-state index in [1.807, 2.05) is 6.92 Å². The fourth-order valence-electron chi connectivity index (χ4n) is 0.328. The quantitative estimate of drug-likeness (QED) is 0.574. The van der Waals surface area contributed by atoms with Gasteiger partial charge in [-0.05, 0) is 6.42 Å². The molecule has 0 saturated carbocycles. The first kappa shape index (κ1) is 10.9. The minimum atomic E-state index is -0.693. The number of hydrogen-bond donors (Lipinski definition) is 2. The van der Waals surface area contributed by atoms with Crippen molar-refractivity contribution in [2.24, 2.45) is 0 Å². The summed E-state index contributed by atoms with van der Waals surface area (Å²) >= 11 is 0. The number of nitroso groups, excluding NO2 is 1. The van der Waals surface area contributed by atoms with Crippen LogP contribution in [0.25, 0.3) is 0 Å². The molecule has 9 heavy (non-hydrogen) atoms. The lowest BCUT2D eigenvalue weighted by Crippen LogP contribution is -1.91. The van der Waals surface area contributed by atoms with Gasteiger partial charge in [0.2, 0.25) is 0 Å². The zero-order chi connectivity index (χ0) is 7.70. The molecule has 0 spiro atoms. The van der Waals surface area contributed by atoms with Gasteiger partial charge in [-0.1, -0.05) is 18.9 Å². The lowest BCUT2D eigenvalue weighted by Gasteiger charge is -1.85. The van der Waals surface area contributed by atoms with Gasteiger partial charge in [0.05, 0.1) is 0 Å². The first-order chi connectivity index (χ1) is 4.27. The van der Waals surface area contributed by atoms with Crippen LogP contribution in [0.15, 0.2) is 0 Å². The topological polar surface area (TPSA) is 78.2 Å². The average molecular weight is 133 g/mol. The van der Waals surface area contributed by atoms with Crippen LogP contribution in [0.3, 0.4) is 0 Å². The van der Waals surface area contributed by atoms with Gasteiger partial charge >= 0.3 is 5.97 Å². The van der Waals surface area contributed by atoms with Crippen molar-refractivity contribution < 1.29 is 9.90 Å². The molecule has 2 N–H and O–H groups in total. The van der Waals surface area contributed by atoms with Crippen molar-refractivity contribution in [2.75, 3.05) is 0 Å². The maximum Gasteiger partial charge on any atom is 0.303 e. The predicted octanol–water partition coefficient (Wildman–Crippen LogP) is 1.59. The summed E-state index contributed by atoms with van der Waals surface area (Å²) in [5.74, 6) is -0.693. The van der Waals surface area contributed by atoms with Gasteiger partial charge in [0.25, 0.3) is 0 Å². The molecule has 0 aromatic carbocycles. The smallest absolute Gasteiger partial charge is 0.303 e. The van der Waals surface area contributed by atoms with Crippen molar-refractivity contribution in [3.63, 3.8) is 0 Å². The Hall–Kier alpha value is -0.930. The van der Waals surface area contributed by atoms with E-state index in [1.54, 1.807) is 0 Å². The third kappa shape index (κ3) is 19.3. The minimum absolute atomic E-state index is 0.316. The zero-order valence-corrected chi connectivity index (χ0v) is 5.39. The molecule has 4 nitrogen and oxygen atoms in total. The van der Waals surface area contributed by atoms with E-state index in [9.17, 15) is 4.79 Å². The van der Waals surface area contributed by atoms with Gasteiger partial charge in [-0.25, -0.2) is 0 Å². The summed E-state index contributed by atoms with van der Waals surface area (Å²) in [6.45, 7) is 1.98. The van der Waals surface area contributed by atoms with Gasteiger partial charge in [0.15, 0.2) is 0 Å². The molecular weight excluding hydrogens is 122 g/mol. The van der Waals surface area contributed by atoms with Gasteiger partial charge in [-0.2, -0.15) is 4.91 Å². The van der Waals surface area contributed by atoms with E-state index in [0.717, 1.165) is 12.8 Å². The molecule has 0 radical (unpaired) electrons. The number of rotatable bonds is 3. The molecule has 54 valence electrons. The molecule has 0 rings (SSSR count). The third-order valence-electron chi connectivity index (χ3n) is 0.744. The molecule has 0 amide bonds. The highest BCUT2D eigenvalue weighted by Gasteiger charge is 1.90. The molecule has 0 saturated heterocycles. The van der Waals surface area contributed by atoms with Crippen molar-refractivity contribution in [3.05, 3.63) is 4.91 Å². The first-order valence-electron chi connectivity index (χ1n) is 2.69. The fourth-order valence-corrected chi connectivity index (χ4v) is 0.328. The highest BCUT2D eigenvalue weighted by atomic mass is 16.4. The van der Waals surface area contributed by atoms with Gasteiger partial charge in [-0.15, -0.1) is 0 Å². The SMILES string of the molecule is CCCCC(=O)O.N=O. The van der Waals surface area contributed by atoms with Crippen molar-refractivity contribution in [3.8, 4) is 0 Å². The Bertz CT molecular complexity index is 74.6. The van der Waals surface area contributed by atoms with Crippen molar-refractivity contribution in [2.45, 2.75) is 26.2 Å². The van der Waals surface area contributed by atoms with Crippen molar-refractivity contribution >= 4 is 5.97 Å². The van der Waals surface area contributed by atoms with Crippen LogP contribution in [0.5, 0.6) is 0 Å². The van der Waals surface area contributed by atoms with E-state index in [1.165, 1.54) is 0 Å². The van der Waals surface area contributed by atoms with Crippen molar-refractivity contribution in [1.82, 2.24) is 0 Å². The molecule has 0 fully saturated rings. The highest BCUT2D eigenvalue weighted by Crippen LogP contribution is 1.91. The number of aliphatic carboxylic acids is 1. The Balaban J connectivity index is 0. The molecule has 0 aromatic rings. The first-order valence-corrected chi connectivity index (χ1v) is 2.69. The van der Waals surface area contributed by atoms with Crippen LogP contribution in [0, 0.1) is 10.5 Å². The summed E-state index contributed by atoms with van der Waals surface area (Å²) in [7, 11) is 0. The molecule has 0 bridgehead atoms. The molecule has 0 aliphatic carbocycles. The third-order valence-corrected chi connectivity index (χ3v) is 0.744. The Kier molecular flexibility index (Phi) is 12.3. The highest BCUT2D eigenvalue weighted by molar-refractivity contribution is 5.66. The lowest BCUT2D eigenvalue weighted by molar-refractivity contribution is -0.137. The Morgan fingerprint density at radius 2 is 2.00 bits per heavy atom. The number of carboxylic acid groups (broad SMARTS) is 1. The number of carboxylic acids is 1. The van der Waals surface area contributed by atoms with Crippen LogP contribution in [0.1, 0.15) is 26.2 Å². The fraction of sp³-hybridized carbons (Fsp3) is 0.800. The Morgan fingerprint density at radius 3 is 2.11 bits per heavy atom. The predicted molar refractivity (Wildman–Crippen MR) is 33.2 cm³/mol. The van der Waals surface area contributed by atoms with Crippen LogP contribution in [0.2, 0.25) is 0 Å². The molecule has 0 aliphatic rings. The van der Waals surface area contributed by atoms with Gasteiger partial charge in [0, 0.05) is 6.42 Å². The van der Waals surface area contributed by atoms with E-state index in [-0.39, 0.29) is 0 Å². The minimum Gasteiger partial charge on any atom is -0.481 e. The molecular formula is C5H11NO3. The Morgan fingerprint density at radius 1 is 1.56 bits per heavy atom. The summed E-state index contributed by atoms with van der Waals surface area (Å²) < 4.78 is 0. The lowest BCUT2D eigenvalue weighted by atomic mass is 10.3. The summed E-state index contributed by atoms with van der Waals surface area (Å²) in [5, 5.41) is 8.04. The molecule has 0 aromatic heterocycles. The second-order valence-corrected chi connectivity index (χ2v) is 1.50. The summed E-state index contributed by atoms with van der Waals surface area (Å²) in [4.78, 5) is 17.3. The van der Waals surface area contributed by atoms with Gasteiger partial charge in [0.1, 0.15) is 0 Å². The normalized spacial score (nSPS) is 7.22. The summed E-state index contributed by atoms with van der Waals surface area (Å²) in [6, 6.07) is 0. The Labute approximate surface area is 53.6 Å². The molecule has 0 atom stereocenters. The van der Waals surface area contributed by atoms with E-state index in [4.69, 9.17) is 10.0 Å². The average Bonchev–Trinajstić information content (AvgIpc) is 1.88. The number of unbranched alkanes of at least 4 members (excludes halogenated alkanes) is 1. The standard InChI is InChI=1S/C5H10O2.HNO/c1-2-3-4-5(6)7;1-2/h2-4H2,1H3,(H,6,7);1H.